The average molecular weight is 222 g/mol. The second kappa shape index (κ2) is 5.31. The second-order valence-electron chi connectivity index (χ2n) is 3.71. The van der Waals surface area contributed by atoms with Crippen molar-refractivity contribution in [2.75, 3.05) is 18.6 Å². The molecule has 6 heteroatoms. The first kappa shape index (κ1) is 13.4. The van der Waals surface area contributed by atoms with Crippen LogP contribution in [0.1, 0.15) is 13.8 Å². The fourth-order valence-corrected chi connectivity index (χ4v) is 1.55. The first-order valence-corrected chi connectivity index (χ1v) is 6.50. The van der Waals surface area contributed by atoms with Crippen LogP contribution in [-0.2, 0) is 14.6 Å². The molecule has 0 heterocycles. The maximum Gasteiger partial charge on any atom is 0.234 e. The molecule has 0 fully saturated rings. The molecule has 14 heavy (non-hydrogen) atoms. The number of hydrogen-bond acceptors (Lipinski definition) is 4. The Bertz CT molecular complexity index is 285. The van der Waals surface area contributed by atoms with Crippen molar-refractivity contribution in [1.82, 2.24) is 5.32 Å². The van der Waals surface area contributed by atoms with Gasteiger partial charge in [0, 0.05) is 12.8 Å². The van der Waals surface area contributed by atoms with Crippen LogP contribution >= 0.6 is 0 Å². The van der Waals surface area contributed by atoms with Crippen LogP contribution in [0.2, 0.25) is 0 Å². The topological polar surface area (TPSA) is 89.3 Å². The van der Waals surface area contributed by atoms with Crippen LogP contribution in [0.15, 0.2) is 0 Å². The molecule has 0 aliphatic rings. The molecule has 0 radical (unpaired) electrons. The van der Waals surface area contributed by atoms with Gasteiger partial charge in [0.1, 0.15) is 9.84 Å². The van der Waals surface area contributed by atoms with E-state index in [1.165, 1.54) is 0 Å². The van der Waals surface area contributed by atoms with Gasteiger partial charge in [-0.3, -0.25) is 4.79 Å². The Morgan fingerprint density at radius 1 is 1.43 bits per heavy atom. The number of sulfone groups is 1. The van der Waals surface area contributed by atoms with Crippen molar-refractivity contribution < 1.29 is 13.2 Å². The van der Waals surface area contributed by atoms with E-state index in [9.17, 15) is 13.2 Å². The van der Waals surface area contributed by atoms with E-state index >= 15 is 0 Å². The molecule has 0 aliphatic heterocycles. The third-order valence-electron chi connectivity index (χ3n) is 1.81. The molecular formula is C8H18N2O3S. The first-order valence-electron chi connectivity index (χ1n) is 4.44. The van der Waals surface area contributed by atoms with Crippen molar-refractivity contribution in [3.8, 4) is 0 Å². The summed E-state index contributed by atoms with van der Waals surface area (Å²) in [6.45, 7) is 3.95. The Morgan fingerprint density at radius 2 is 1.93 bits per heavy atom. The number of hydrogen-bond donors (Lipinski definition) is 2. The molecule has 0 rings (SSSR count). The molecule has 0 bridgehead atoms. The van der Waals surface area contributed by atoms with Gasteiger partial charge in [0.05, 0.1) is 11.8 Å². The molecule has 1 unspecified atom stereocenters. The number of nitrogens with two attached hydrogens (primary N) is 1. The van der Waals surface area contributed by atoms with Crippen molar-refractivity contribution in [1.29, 1.82) is 0 Å². The summed E-state index contributed by atoms with van der Waals surface area (Å²) in [7, 11) is -2.99. The molecule has 0 aromatic heterocycles. The largest absolute Gasteiger partial charge is 0.368 e. The smallest absolute Gasteiger partial charge is 0.234 e. The summed E-state index contributed by atoms with van der Waals surface area (Å²) in [5.74, 6) is -0.371. The van der Waals surface area contributed by atoms with Crippen LogP contribution in [0.3, 0.4) is 0 Å². The lowest BCUT2D eigenvalue weighted by Crippen LogP contribution is -2.46. The molecule has 1 atom stereocenters. The number of carbonyl (C=O) groups excluding carboxylic acids is 1. The van der Waals surface area contributed by atoms with Crippen molar-refractivity contribution in [3.63, 3.8) is 0 Å². The quantitative estimate of drug-likeness (QED) is 0.611. The van der Waals surface area contributed by atoms with Crippen molar-refractivity contribution in [2.24, 2.45) is 11.7 Å². The monoisotopic (exact) mass is 222 g/mol. The Hall–Kier alpha value is -0.620. The van der Waals surface area contributed by atoms with Crippen molar-refractivity contribution >= 4 is 15.7 Å². The highest BCUT2D eigenvalue weighted by Crippen LogP contribution is 2.00. The lowest BCUT2D eigenvalue weighted by atomic mass is 10.0. The predicted molar refractivity (Wildman–Crippen MR) is 55.5 cm³/mol. The van der Waals surface area contributed by atoms with Gasteiger partial charge in [0.15, 0.2) is 0 Å². The van der Waals surface area contributed by atoms with Crippen LogP contribution in [0, 0.1) is 5.92 Å². The first-order chi connectivity index (χ1) is 6.24. The molecule has 0 aromatic carbocycles. The van der Waals surface area contributed by atoms with Gasteiger partial charge in [-0.15, -0.1) is 0 Å². The summed E-state index contributed by atoms with van der Waals surface area (Å²) < 4.78 is 21.6. The van der Waals surface area contributed by atoms with E-state index in [1.54, 1.807) is 0 Å². The molecule has 84 valence electrons. The highest BCUT2D eigenvalue weighted by molar-refractivity contribution is 7.90. The molecule has 3 N–H and O–H groups in total. The average Bonchev–Trinajstić information content (AvgIpc) is 1.94. The Balaban J connectivity index is 4.03. The van der Waals surface area contributed by atoms with Crippen LogP contribution in [0.5, 0.6) is 0 Å². The lowest BCUT2D eigenvalue weighted by Gasteiger charge is -2.18. The Labute approximate surface area is 85.0 Å². The van der Waals surface area contributed by atoms with Gasteiger partial charge in [-0.1, -0.05) is 13.8 Å². The Morgan fingerprint density at radius 3 is 2.21 bits per heavy atom. The van der Waals surface area contributed by atoms with Gasteiger partial charge in [0.25, 0.3) is 0 Å². The summed E-state index contributed by atoms with van der Waals surface area (Å²) >= 11 is 0. The van der Waals surface area contributed by atoms with Crippen molar-refractivity contribution in [3.05, 3.63) is 0 Å². The van der Waals surface area contributed by atoms with Crippen molar-refractivity contribution in [2.45, 2.75) is 19.9 Å². The predicted octanol–water partition coefficient (Wildman–Crippen LogP) is -0.869. The molecule has 5 nitrogen and oxygen atoms in total. The highest BCUT2D eigenvalue weighted by atomic mass is 32.2. The molecular weight excluding hydrogens is 204 g/mol. The van der Waals surface area contributed by atoms with Crippen LogP contribution in [-0.4, -0.2) is 38.9 Å². The van der Waals surface area contributed by atoms with E-state index in [4.69, 9.17) is 5.73 Å². The molecule has 0 spiro atoms. The number of amides is 1. The summed E-state index contributed by atoms with van der Waals surface area (Å²) in [5.41, 5.74) is 5.14. The highest BCUT2D eigenvalue weighted by Gasteiger charge is 2.18. The minimum atomic E-state index is -2.99. The molecule has 0 saturated carbocycles. The summed E-state index contributed by atoms with van der Waals surface area (Å²) in [5, 5.41) is 2.82. The fourth-order valence-electron chi connectivity index (χ4n) is 1.06. The minimum Gasteiger partial charge on any atom is -0.368 e. The number of nitrogens with one attached hydrogen (secondary N) is 1. The van der Waals surface area contributed by atoms with E-state index in [1.807, 2.05) is 13.8 Å². The molecule has 0 aliphatic carbocycles. The van der Waals surface area contributed by atoms with Crippen LogP contribution < -0.4 is 11.1 Å². The Kier molecular flexibility index (Phi) is 5.07. The van der Waals surface area contributed by atoms with Crippen LogP contribution in [0.4, 0.5) is 0 Å². The molecule has 0 saturated heterocycles. The van der Waals surface area contributed by atoms with Crippen LogP contribution in [0.25, 0.3) is 0 Å². The third kappa shape index (κ3) is 5.93. The molecule has 1 amide bonds. The third-order valence-corrected chi connectivity index (χ3v) is 2.76. The van der Waals surface area contributed by atoms with Gasteiger partial charge >= 0.3 is 0 Å². The van der Waals surface area contributed by atoms with E-state index in [2.05, 4.69) is 5.32 Å². The standard InChI is InChI=1S/C8H18N2O3S/c1-6(2)7(8(9)11)10-4-5-14(3,12)13/h6-7,10H,4-5H2,1-3H3,(H2,9,11). The summed E-state index contributed by atoms with van der Waals surface area (Å²) in [4.78, 5) is 10.9. The van der Waals surface area contributed by atoms with E-state index in [0.717, 1.165) is 6.26 Å². The lowest BCUT2D eigenvalue weighted by molar-refractivity contribution is -0.120. The maximum atomic E-state index is 10.9. The zero-order valence-electron chi connectivity index (χ0n) is 8.78. The zero-order chi connectivity index (χ0) is 11.4. The summed E-state index contributed by atoms with van der Waals surface area (Å²) in [6, 6.07) is -0.461. The maximum absolute atomic E-state index is 10.9. The van der Waals surface area contributed by atoms with Gasteiger partial charge in [-0.25, -0.2) is 8.42 Å². The van der Waals surface area contributed by atoms with Gasteiger partial charge in [-0.2, -0.15) is 0 Å². The van der Waals surface area contributed by atoms with Gasteiger partial charge < -0.3 is 11.1 Å². The summed E-state index contributed by atoms with van der Waals surface area (Å²) in [6.07, 6.45) is 1.16. The van der Waals surface area contributed by atoms with Gasteiger partial charge in [-0.05, 0) is 5.92 Å². The van der Waals surface area contributed by atoms with E-state index in [-0.39, 0.29) is 18.2 Å². The SMILES string of the molecule is CC(C)C(NCCS(C)(=O)=O)C(N)=O. The molecule has 0 aromatic rings. The van der Waals surface area contributed by atoms with Gasteiger partial charge in [0.2, 0.25) is 5.91 Å². The number of primary amides is 1. The number of rotatable bonds is 6. The number of carbonyl (C=O) groups is 1. The second-order valence-corrected chi connectivity index (χ2v) is 5.97. The van der Waals surface area contributed by atoms with E-state index < -0.39 is 21.8 Å². The van der Waals surface area contributed by atoms with E-state index in [0.29, 0.717) is 0 Å². The fraction of sp³-hybridized carbons (Fsp3) is 0.875. The minimum absolute atomic E-state index is 0.0174. The normalized spacial score (nSPS) is 14.3. The zero-order valence-corrected chi connectivity index (χ0v) is 9.60.